The number of hydrogen-bond acceptors (Lipinski definition) is 2. The summed E-state index contributed by atoms with van der Waals surface area (Å²) >= 11 is 0. The number of nitrogens with zero attached hydrogens (tertiary/aromatic N) is 1. The zero-order chi connectivity index (χ0) is 14.0. The fraction of sp³-hybridized carbons (Fsp3) is 1.00. The van der Waals surface area contributed by atoms with Gasteiger partial charge in [-0.15, -0.1) is 0 Å². The van der Waals surface area contributed by atoms with Gasteiger partial charge in [0.25, 0.3) is 0 Å². The number of nitrogens with one attached hydrogen (secondary N) is 1. The fourth-order valence-electron chi connectivity index (χ4n) is 3.38. The molecule has 0 amide bonds. The molecule has 2 nitrogen and oxygen atoms in total. The lowest BCUT2D eigenvalue weighted by atomic mass is 9.72. The van der Waals surface area contributed by atoms with Gasteiger partial charge >= 0.3 is 0 Å². The maximum absolute atomic E-state index is 3.70. The fourth-order valence-corrected chi connectivity index (χ4v) is 3.38. The van der Waals surface area contributed by atoms with Gasteiger partial charge in [0.05, 0.1) is 0 Å². The molecule has 2 unspecified atom stereocenters. The monoisotopic (exact) mass is 254 g/mol. The SMILES string of the molecule is CCNC1CCC(C)(C)CC1N(C)CC(C)(C)C. The minimum Gasteiger partial charge on any atom is -0.313 e. The summed E-state index contributed by atoms with van der Waals surface area (Å²) in [5.41, 5.74) is 0.885. The largest absolute Gasteiger partial charge is 0.313 e. The molecule has 0 bridgehead atoms. The Morgan fingerprint density at radius 2 is 1.89 bits per heavy atom. The Morgan fingerprint density at radius 1 is 1.28 bits per heavy atom. The first-order chi connectivity index (χ1) is 8.14. The van der Waals surface area contributed by atoms with Crippen LogP contribution >= 0.6 is 0 Å². The second kappa shape index (κ2) is 5.92. The molecule has 18 heavy (non-hydrogen) atoms. The molecule has 2 heteroatoms. The summed E-state index contributed by atoms with van der Waals surface area (Å²) in [5.74, 6) is 0. The third-order valence-electron chi connectivity index (χ3n) is 4.11. The summed E-state index contributed by atoms with van der Waals surface area (Å²) in [7, 11) is 2.31. The molecule has 1 aliphatic rings. The highest BCUT2D eigenvalue weighted by Gasteiger charge is 2.37. The van der Waals surface area contributed by atoms with E-state index in [9.17, 15) is 0 Å². The average molecular weight is 254 g/mol. The minimum atomic E-state index is 0.382. The lowest BCUT2D eigenvalue weighted by Crippen LogP contribution is -2.54. The molecule has 108 valence electrons. The molecular formula is C16H34N2. The van der Waals surface area contributed by atoms with Gasteiger partial charge < -0.3 is 10.2 Å². The van der Waals surface area contributed by atoms with Crippen molar-refractivity contribution >= 4 is 0 Å². The highest BCUT2D eigenvalue weighted by Crippen LogP contribution is 2.37. The van der Waals surface area contributed by atoms with Crippen LogP contribution in [0.15, 0.2) is 0 Å². The van der Waals surface area contributed by atoms with Crippen LogP contribution in [-0.4, -0.2) is 37.1 Å². The van der Waals surface area contributed by atoms with Gasteiger partial charge in [0.2, 0.25) is 0 Å². The first kappa shape index (κ1) is 16.0. The molecule has 0 aromatic carbocycles. The van der Waals surface area contributed by atoms with Crippen LogP contribution < -0.4 is 5.32 Å². The molecule has 0 aliphatic heterocycles. The summed E-state index contributed by atoms with van der Waals surface area (Å²) in [6.45, 7) is 16.3. The Labute approximate surface area is 115 Å². The quantitative estimate of drug-likeness (QED) is 0.826. The van der Waals surface area contributed by atoms with E-state index in [4.69, 9.17) is 0 Å². The van der Waals surface area contributed by atoms with Crippen LogP contribution in [0.2, 0.25) is 0 Å². The predicted octanol–water partition coefficient (Wildman–Crippen LogP) is 3.52. The van der Waals surface area contributed by atoms with Gasteiger partial charge in [-0.25, -0.2) is 0 Å². The van der Waals surface area contributed by atoms with E-state index in [1.54, 1.807) is 0 Å². The van der Waals surface area contributed by atoms with Crippen LogP contribution in [0.5, 0.6) is 0 Å². The van der Waals surface area contributed by atoms with E-state index in [2.05, 4.69) is 58.8 Å². The van der Waals surface area contributed by atoms with Gasteiger partial charge in [0.1, 0.15) is 0 Å². The summed E-state index contributed by atoms with van der Waals surface area (Å²) in [6, 6.07) is 1.36. The molecule has 0 radical (unpaired) electrons. The molecule has 1 saturated carbocycles. The Bertz CT molecular complexity index is 252. The van der Waals surface area contributed by atoms with Gasteiger partial charge in [0.15, 0.2) is 0 Å². The number of hydrogen-bond donors (Lipinski definition) is 1. The second-order valence-corrected chi connectivity index (χ2v) is 8.11. The zero-order valence-corrected chi connectivity index (χ0v) is 13.6. The van der Waals surface area contributed by atoms with Crippen molar-refractivity contribution in [1.82, 2.24) is 10.2 Å². The van der Waals surface area contributed by atoms with E-state index in [-0.39, 0.29) is 0 Å². The normalized spacial score (nSPS) is 28.7. The maximum Gasteiger partial charge on any atom is 0.0251 e. The number of rotatable bonds is 4. The first-order valence-electron chi connectivity index (χ1n) is 7.58. The standard InChI is InChI=1S/C16H34N2/c1-8-17-13-9-10-16(5,6)11-14(13)18(7)12-15(2,3)4/h13-14,17H,8-12H2,1-7H3. The molecule has 1 N–H and O–H groups in total. The van der Waals surface area contributed by atoms with E-state index < -0.39 is 0 Å². The van der Waals surface area contributed by atoms with Crippen LogP contribution in [0.4, 0.5) is 0 Å². The molecule has 2 atom stereocenters. The average Bonchev–Trinajstić information content (AvgIpc) is 2.18. The van der Waals surface area contributed by atoms with Crippen LogP contribution in [0, 0.1) is 10.8 Å². The van der Waals surface area contributed by atoms with Crippen molar-refractivity contribution in [3.63, 3.8) is 0 Å². The highest BCUT2D eigenvalue weighted by atomic mass is 15.2. The molecule has 0 saturated heterocycles. The Balaban J connectivity index is 2.71. The van der Waals surface area contributed by atoms with E-state index in [1.165, 1.54) is 25.8 Å². The van der Waals surface area contributed by atoms with Gasteiger partial charge in [-0.3, -0.25) is 0 Å². The first-order valence-corrected chi connectivity index (χ1v) is 7.58. The lowest BCUT2D eigenvalue weighted by Gasteiger charge is -2.46. The van der Waals surface area contributed by atoms with E-state index in [0.717, 1.165) is 6.54 Å². The van der Waals surface area contributed by atoms with Crippen molar-refractivity contribution in [1.29, 1.82) is 0 Å². The maximum atomic E-state index is 3.70. The van der Waals surface area contributed by atoms with Crippen molar-refractivity contribution in [2.45, 2.75) is 72.9 Å². The molecule has 1 fully saturated rings. The second-order valence-electron chi connectivity index (χ2n) is 8.11. The van der Waals surface area contributed by atoms with Gasteiger partial charge in [-0.1, -0.05) is 41.5 Å². The molecular weight excluding hydrogens is 220 g/mol. The van der Waals surface area contributed by atoms with E-state index in [0.29, 0.717) is 22.9 Å². The number of likely N-dealkylation sites (N-methyl/N-ethyl adjacent to an activating group) is 2. The third-order valence-corrected chi connectivity index (χ3v) is 4.11. The highest BCUT2D eigenvalue weighted by molar-refractivity contribution is 4.94. The van der Waals surface area contributed by atoms with Crippen molar-refractivity contribution in [2.75, 3.05) is 20.1 Å². The van der Waals surface area contributed by atoms with Crippen molar-refractivity contribution < 1.29 is 0 Å². The summed E-state index contributed by atoms with van der Waals surface area (Å²) in [4.78, 5) is 2.59. The molecule has 0 heterocycles. The Kier molecular flexibility index (Phi) is 5.25. The predicted molar refractivity (Wildman–Crippen MR) is 81.0 cm³/mol. The molecule has 0 aromatic heterocycles. The summed E-state index contributed by atoms with van der Waals surface area (Å²) < 4.78 is 0. The molecule has 1 rings (SSSR count). The summed E-state index contributed by atoms with van der Waals surface area (Å²) in [5, 5.41) is 3.70. The minimum absolute atomic E-state index is 0.382. The van der Waals surface area contributed by atoms with Gasteiger partial charge in [-0.2, -0.15) is 0 Å². The van der Waals surface area contributed by atoms with Crippen LogP contribution in [0.1, 0.15) is 60.8 Å². The van der Waals surface area contributed by atoms with Gasteiger partial charge in [-0.05, 0) is 43.7 Å². The summed E-state index contributed by atoms with van der Waals surface area (Å²) in [6.07, 6.45) is 3.99. The molecule has 0 spiro atoms. The van der Waals surface area contributed by atoms with E-state index >= 15 is 0 Å². The van der Waals surface area contributed by atoms with Crippen molar-refractivity contribution in [3.8, 4) is 0 Å². The van der Waals surface area contributed by atoms with E-state index in [1.807, 2.05) is 0 Å². The molecule has 0 aromatic rings. The van der Waals surface area contributed by atoms with Gasteiger partial charge in [0, 0.05) is 18.6 Å². The lowest BCUT2D eigenvalue weighted by molar-refractivity contribution is 0.0622. The smallest absolute Gasteiger partial charge is 0.0251 e. The zero-order valence-electron chi connectivity index (χ0n) is 13.6. The third kappa shape index (κ3) is 4.89. The van der Waals surface area contributed by atoms with Crippen molar-refractivity contribution in [2.24, 2.45) is 10.8 Å². The van der Waals surface area contributed by atoms with Crippen molar-refractivity contribution in [3.05, 3.63) is 0 Å². The van der Waals surface area contributed by atoms with Crippen LogP contribution in [0.25, 0.3) is 0 Å². The van der Waals surface area contributed by atoms with Crippen LogP contribution in [0.3, 0.4) is 0 Å². The Morgan fingerprint density at radius 3 is 2.39 bits per heavy atom. The molecule has 1 aliphatic carbocycles. The topological polar surface area (TPSA) is 15.3 Å². The van der Waals surface area contributed by atoms with Crippen LogP contribution in [-0.2, 0) is 0 Å². The Hall–Kier alpha value is -0.0800.